The molecular formula is C22H16F2N2O2S. The van der Waals surface area contributed by atoms with Gasteiger partial charge in [-0.2, -0.15) is 0 Å². The number of thiazole rings is 1. The van der Waals surface area contributed by atoms with Crippen molar-refractivity contribution in [3.05, 3.63) is 88.1 Å². The summed E-state index contributed by atoms with van der Waals surface area (Å²) in [7, 11) is 0. The number of rotatable bonds is 5. The average Bonchev–Trinajstić information content (AvgIpc) is 3.21. The van der Waals surface area contributed by atoms with E-state index in [1.54, 1.807) is 6.08 Å². The molecule has 0 aliphatic carbocycles. The van der Waals surface area contributed by atoms with Crippen molar-refractivity contribution < 1.29 is 18.7 Å². The van der Waals surface area contributed by atoms with Crippen LogP contribution in [0.1, 0.15) is 26.5 Å². The molecule has 2 heterocycles. The quantitative estimate of drug-likeness (QED) is 0.371. The largest absolute Gasteiger partial charge is 0.392 e. The number of aliphatic hydroxyl groups is 1. The van der Waals surface area contributed by atoms with Gasteiger partial charge < -0.3 is 5.11 Å². The predicted octanol–water partition coefficient (Wildman–Crippen LogP) is 5.04. The third-order valence-corrected chi connectivity index (χ3v) is 5.33. The van der Waals surface area contributed by atoms with Gasteiger partial charge in [-0.25, -0.2) is 13.8 Å². The van der Waals surface area contributed by atoms with E-state index in [2.05, 4.69) is 4.98 Å². The third kappa shape index (κ3) is 3.87. The number of carbonyl (C=O) groups is 1. The highest BCUT2D eigenvalue weighted by Gasteiger charge is 2.15. The predicted molar refractivity (Wildman–Crippen MR) is 109 cm³/mol. The van der Waals surface area contributed by atoms with Gasteiger partial charge in [0.1, 0.15) is 11.6 Å². The molecule has 4 aromatic rings. The van der Waals surface area contributed by atoms with E-state index >= 15 is 0 Å². The van der Waals surface area contributed by atoms with Crippen LogP contribution in [0.2, 0.25) is 0 Å². The first-order valence-corrected chi connectivity index (χ1v) is 9.63. The Labute approximate surface area is 169 Å². The van der Waals surface area contributed by atoms with Gasteiger partial charge in [-0.3, -0.25) is 9.20 Å². The Balaban J connectivity index is 1.76. The van der Waals surface area contributed by atoms with Crippen LogP contribution in [0.3, 0.4) is 0 Å². The Bertz CT molecular complexity index is 1220. The molecule has 2 aromatic carbocycles. The Morgan fingerprint density at radius 1 is 1.17 bits per heavy atom. The molecule has 0 fully saturated rings. The minimum atomic E-state index is -0.799. The van der Waals surface area contributed by atoms with Crippen molar-refractivity contribution in [3.63, 3.8) is 0 Å². The number of hydrogen-bond donors (Lipinski definition) is 1. The first-order chi connectivity index (χ1) is 13.9. The van der Waals surface area contributed by atoms with Crippen LogP contribution in [-0.4, -0.2) is 20.3 Å². The van der Waals surface area contributed by atoms with Gasteiger partial charge in [-0.15, -0.1) is 11.3 Å². The number of benzene rings is 2. The maximum absolute atomic E-state index is 13.4. The van der Waals surface area contributed by atoms with E-state index in [1.807, 2.05) is 41.8 Å². The zero-order chi connectivity index (χ0) is 20.5. The van der Waals surface area contributed by atoms with E-state index in [9.17, 15) is 18.7 Å². The van der Waals surface area contributed by atoms with Crippen molar-refractivity contribution in [2.45, 2.75) is 13.5 Å². The fourth-order valence-corrected chi connectivity index (χ4v) is 3.89. The molecule has 0 aliphatic heterocycles. The third-order valence-electron chi connectivity index (χ3n) is 4.43. The first kappa shape index (κ1) is 19.2. The lowest BCUT2D eigenvalue weighted by Crippen LogP contribution is -1.97. The van der Waals surface area contributed by atoms with Crippen LogP contribution < -0.4 is 0 Å². The van der Waals surface area contributed by atoms with Gasteiger partial charge in [-0.1, -0.05) is 24.3 Å². The maximum atomic E-state index is 13.4. The average molecular weight is 410 g/mol. The summed E-state index contributed by atoms with van der Waals surface area (Å²) < 4.78 is 28.7. The van der Waals surface area contributed by atoms with Crippen molar-refractivity contribution in [1.29, 1.82) is 0 Å². The summed E-state index contributed by atoms with van der Waals surface area (Å²) in [6, 6.07) is 10.1. The molecule has 0 radical (unpaired) electrons. The van der Waals surface area contributed by atoms with E-state index < -0.39 is 17.4 Å². The van der Waals surface area contributed by atoms with Crippen LogP contribution in [-0.2, 0) is 6.61 Å². The van der Waals surface area contributed by atoms with Crippen molar-refractivity contribution in [1.82, 2.24) is 9.38 Å². The summed E-state index contributed by atoms with van der Waals surface area (Å²) in [5.74, 6) is -2.11. The van der Waals surface area contributed by atoms with Crippen LogP contribution in [0.25, 0.3) is 22.3 Å². The highest BCUT2D eigenvalue weighted by Crippen LogP contribution is 2.29. The number of nitrogens with zero attached hydrogens (tertiary/aromatic N) is 2. The Morgan fingerprint density at radius 3 is 2.52 bits per heavy atom. The summed E-state index contributed by atoms with van der Waals surface area (Å²) in [5.41, 5.74) is 2.92. The molecule has 0 bridgehead atoms. The number of allylic oxidation sites excluding steroid dienone is 1. The Hall–Kier alpha value is -3.16. The SMILES string of the molecule is Cc1cn2c(/C=C/C(=O)c3cc(F)cc(F)c3)c(-c3ccc(CO)cc3)nc2s1. The van der Waals surface area contributed by atoms with Crippen molar-refractivity contribution in [2.24, 2.45) is 0 Å². The molecule has 146 valence electrons. The number of aliphatic hydroxyl groups excluding tert-OH is 1. The molecule has 2 aromatic heterocycles. The lowest BCUT2D eigenvalue weighted by Gasteiger charge is -2.02. The molecule has 0 saturated heterocycles. The molecule has 0 unspecified atom stereocenters. The zero-order valence-corrected chi connectivity index (χ0v) is 16.2. The molecule has 4 nitrogen and oxygen atoms in total. The highest BCUT2D eigenvalue weighted by atomic mass is 32.1. The van der Waals surface area contributed by atoms with E-state index in [-0.39, 0.29) is 12.2 Å². The lowest BCUT2D eigenvalue weighted by molar-refractivity contribution is 0.104. The second-order valence-electron chi connectivity index (χ2n) is 6.55. The fraction of sp³-hybridized carbons (Fsp3) is 0.0909. The number of fused-ring (bicyclic) bond motifs is 1. The van der Waals surface area contributed by atoms with E-state index in [4.69, 9.17) is 0 Å². The van der Waals surface area contributed by atoms with Gasteiger partial charge in [0.25, 0.3) is 0 Å². The van der Waals surface area contributed by atoms with E-state index in [0.717, 1.165) is 39.2 Å². The van der Waals surface area contributed by atoms with Gasteiger partial charge in [0.2, 0.25) is 0 Å². The molecule has 29 heavy (non-hydrogen) atoms. The maximum Gasteiger partial charge on any atom is 0.194 e. The molecular weight excluding hydrogens is 394 g/mol. The van der Waals surface area contributed by atoms with Gasteiger partial charge >= 0.3 is 0 Å². The number of hydrogen-bond acceptors (Lipinski definition) is 4. The normalized spacial score (nSPS) is 11.6. The van der Waals surface area contributed by atoms with Gasteiger partial charge in [0, 0.05) is 28.3 Å². The molecule has 1 N–H and O–H groups in total. The van der Waals surface area contributed by atoms with Crippen molar-refractivity contribution in [3.8, 4) is 11.3 Å². The summed E-state index contributed by atoms with van der Waals surface area (Å²) >= 11 is 1.52. The molecule has 0 spiro atoms. The molecule has 0 saturated carbocycles. The van der Waals surface area contributed by atoms with Crippen LogP contribution >= 0.6 is 11.3 Å². The Kier molecular flexibility index (Phi) is 5.08. The van der Waals surface area contributed by atoms with Crippen LogP contribution in [0, 0.1) is 18.6 Å². The van der Waals surface area contributed by atoms with Crippen molar-refractivity contribution in [2.75, 3.05) is 0 Å². The smallest absolute Gasteiger partial charge is 0.194 e. The van der Waals surface area contributed by atoms with Crippen LogP contribution in [0.5, 0.6) is 0 Å². The first-order valence-electron chi connectivity index (χ1n) is 8.82. The standard InChI is InChI=1S/C22H16F2N2O2S/c1-13-11-26-19(6-7-20(28)16-8-17(23)10-18(24)9-16)21(25-22(26)29-13)15-4-2-14(12-27)3-5-15/h2-11,27H,12H2,1H3/b7-6+. The summed E-state index contributed by atoms with van der Waals surface area (Å²) in [6.07, 6.45) is 4.81. The second-order valence-corrected chi connectivity index (χ2v) is 7.76. The highest BCUT2D eigenvalue weighted by molar-refractivity contribution is 7.17. The summed E-state index contributed by atoms with van der Waals surface area (Å²) in [6.45, 7) is 1.91. The molecule has 0 atom stereocenters. The number of imidazole rings is 1. The van der Waals surface area contributed by atoms with E-state index in [0.29, 0.717) is 11.4 Å². The van der Waals surface area contributed by atoms with Gasteiger partial charge in [0.15, 0.2) is 10.7 Å². The minimum absolute atomic E-state index is 0.0524. The van der Waals surface area contributed by atoms with Crippen molar-refractivity contribution >= 4 is 28.2 Å². The Morgan fingerprint density at radius 2 is 1.86 bits per heavy atom. The van der Waals surface area contributed by atoms with Crippen LogP contribution in [0.15, 0.2) is 54.7 Å². The molecule has 0 aliphatic rings. The molecule has 0 amide bonds. The van der Waals surface area contributed by atoms with Crippen LogP contribution in [0.4, 0.5) is 8.78 Å². The number of aryl methyl sites for hydroxylation is 1. The number of aromatic nitrogens is 2. The van der Waals surface area contributed by atoms with Gasteiger partial charge in [0.05, 0.1) is 18.0 Å². The van der Waals surface area contributed by atoms with Gasteiger partial charge in [-0.05, 0) is 36.8 Å². The van der Waals surface area contributed by atoms with E-state index in [1.165, 1.54) is 17.4 Å². The summed E-state index contributed by atoms with van der Waals surface area (Å²) in [4.78, 5) is 18.9. The topological polar surface area (TPSA) is 54.6 Å². The number of halogens is 2. The number of ketones is 1. The zero-order valence-electron chi connectivity index (χ0n) is 15.4. The second kappa shape index (κ2) is 7.69. The fourth-order valence-electron chi connectivity index (χ4n) is 3.06. The number of carbonyl (C=O) groups excluding carboxylic acids is 1. The minimum Gasteiger partial charge on any atom is -0.392 e. The summed E-state index contributed by atoms with van der Waals surface area (Å²) in [5, 5.41) is 9.24. The molecule has 7 heteroatoms. The monoisotopic (exact) mass is 410 g/mol. The lowest BCUT2D eigenvalue weighted by atomic mass is 10.1. The molecule has 4 rings (SSSR count).